The summed E-state index contributed by atoms with van der Waals surface area (Å²) >= 11 is 6.27. The van der Waals surface area contributed by atoms with Crippen molar-refractivity contribution in [2.75, 3.05) is 14.1 Å². The maximum Gasteiger partial charge on any atom is 0.138 e. The van der Waals surface area contributed by atoms with Crippen molar-refractivity contribution < 1.29 is 4.74 Å². The lowest BCUT2D eigenvalue weighted by Crippen LogP contribution is -2.30. The van der Waals surface area contributed by atoms with Crippen LogP contribution in [0.3, 0.4) is 0 Å². The van der Waals surface area contributed by atoms with Crippen LogP contribution in [-0.2, 0) is 6.42 Å². The van der Waals surface area contributed by atoms with Crippen molar-refractivity contribution in [2.45, 2.75) is 31.4 Å². The standard InChI is InChI=1S/C19H22ClNO/c1-21(2)15-12-11-14-7-3-4-8-16(14)19(13-15)22-18-10-6-5-9-17(18)20/h3-10,15,19H,11-13H2,1-2H3. The summed E-state index contributed by atoms with van der Waals surface area (Å²) in [4.78, 5) is 2.30. The largest absolute Gasteiger partial charge is 0.484 e. The van der Waals surface area contributed by atoms with E-state index in [0.29, 0.717) is 11.1 Å². The Morgan fingerprint density at radius 1 is 1.05 bits per heavy atom. The summed E-state index contributed by atoms with van der Waals surface area (Å²) in [6.07, 6.45) is 3.29. The molecule has 2 aromatic carbocycles. The Morgan fingerprint density at radius 2 is 1.77 bits per heavy atom. The maximum atomic E-state index is 6.31. The third-order valence-corrected chi connectivity index (χ3v) is 4.78. The van der Waals surface area contributed by atoms with Crippen LogP contribution in [-0.4, -0.2) is 25.0 Å². The van der Waals surface area contributed by atoms with Crippen LogP contribution in [0.2, 0.25) is 5.02 Å². The molecule has 0 spiro atoms. The van der Waals surface area contributed by atoms with Crippen LogP contribution in [0.15, 0.2) is 48.5 Å². The molecule has 0 aromatic heterocycles. The van der Waals surface area contributed by atoms with E-state index >= 15 is 0 Å². The fourth-order valence-corrected chi connectivity index (χ4v) is 3.34. The topological polar surface area (TPSA) is 12.5 Å². The Morgan fingerprint density at radius 3 is 2.55 bits per heavy atom. The average Bonchev–Trinajstić information content (AvgIpc) is 2.70. The molecule has 2 aromatic rings. The van der Waals surface area contributed by atoms with Crippen LogP contribution in [0.25, 0.3) is 0 Å². The van der Waals surface area contributed by atoms with Crippen LogP contribution in [0, 0.1) is 0 Å². The van der Waals surface area contributed by atoms with Crippen molar-refractivity contribution in [3.63, 3.8) is 0 Å². The number of ether oxygens (including phenoxy) is 1. The molecule has 0 saturated heterocycles. The lowest BCUT2D eigenvalue weighted by atomic mass is 10.0. The first-order chi connectivity index (χ1) is 10.6. The van der Waals surface area contributed by atoms with E-state index < -0.39 is 0 Å². The second-order valence-electron chi connectivity index (χ2n) is 6.13. The van der Waals surface area contributed by atoms with E-state index in [4.69, 9.17) is 16.3 Å². The van der Waals surface area contributed by atoms with Gasteiger partial charge in [-0.05, 0) is 50.2 Å². The van der Waals surface area contributed by atoms with Gasteiger partial charge in [0.1, 0.15) is 11.9 Å². The summed E-state index contributed by atoms with van der Waals surface area (Å²) in [5.41, 5.74) is 2.69. The number of fused-ring (bicyclic) bond motifs is 1. The predicted octanol–water partition coefficient (Wildman–Crippen LogP) is 4.73. The third-order valence-electron chi connectivity index (χ3n) is 4.47. The average molecular weight is 316 g/mol. The SMILES string of the molecule is CN(C)C1CCc2ccccc2C(Oc2ccccc2Cl)C1. The van der Waals surface area contributed by atoms with Gasteiger partial charge in [-0.3, -0.25) is 0 Å². The molecule has 3 rings (SSSR count). The molecule has 0 amide bonds. The lowest BCUT2D eigenvalue weighted by Gasteiger charge is -2.27. The molecule has 2 nitrogen and oxygen atoms in total. The molecule has 0 fully saturated rings. The molecule has 1 aliphatic rings. The molecule has 0 heterocycles. The van der Waals surface area contributed by atoms with Crippen molar-refractivity contribution in [3.8, 4) is 5.75 Å². The highest BCUT2D eigenvalue weighted by molar-refractivity contribution is 6.32. The molecular weight excluding hydrogens is 294 g/mol. The van der Waals surface area contributed by atoms with Crippen molar-refractivity contribution in [1.82, 2.24) is 4.90 Å². The van der Waals surface area contributed by atoms with Gasteiger partial charge in [-0.1, -0.05) is 48.0 Å². The monoisotopic (exact) mass is 315 g/mol. The number of halogens is 1. The molecular formula is C19H22ClNO. The molecule has 0 bridgehead atoms. The Kier molecular flexibility index (Phi) is 4.70. The van der Waals surface area contributed by atoms with Crippen LogP contribution in [0.1, 0.15) is 30.1 Å². The minimum atomic E-state index is 0.0472. The number of para-hydroxylation sites is 1. The zero-order valence-corrected chi connectivity index (χ0v) is 13.9. The molecule has 3 heteroatoms. The van der Waals surface area contributed by atoms with Gasteiger partial charge in [-0.25, -0.2) is 0 Å². The zero-order chi connectivity index (χ0) is 15.5. The Bertz CT molecular complexity index is 641. The van der Waals surface area contributed by atoms with Gasteiger partial charge >= 0.3 is 0 Å². The molecule has 1 aliphatic carbocycles. The van der Waals surface area contributed by atoms with Crippen molar-refractivity contribution in [2.24, 2.45) is 0 Å². The van der Waals surface area contributed by atoms with E-state index in [1.807, 2.05) is 24.3 Å². The highest BCUT2D eigenvalue weighted by atomic mass is 35.5. The highest BCUT2D eigenvalue weighted by Crippen LogP contribution is 2.36. The molecule has 0 radical (unpaired) electrons. The Balaban J connectivity index is 1.93. The van der Waals surface area contributed by atoms with E-state index in [2.05, 4.69) is 43.3 Å². The Labute approximate surface area is 137 Å². The predicted molar refractivity (Wildman–Crippen MR) is 91.7 cm³/mol. The summed E-state index contributed by atoms with van der Waals surface area (Å²) in [6, 6.07) is 16.8. The minimum Gasteiger partial charge on any atom is -0.484 e. The summed E-state index contributed by atoms with van der Waals surface area (Å²) < 4.78 is 6.31. The van der Waals surface area contributed by atoms with E-state index in [9.17, 15) is 0 Å². The number of aryl methyl sites for hydroxylation is 1. The minimum absolute atomic E-state index is 0.0472. The summed E-state index contributed by atoms with van der Waals surface area (Å²) in [7, 11) is 4.29. The third kappa shape index (κ3) is 3.29. The number of rotatable bonds is 3. The van der Waals surface area contributed by atoms with Gasteiger partial charge in [-0.15, -0.1) is 0 Å². The summed E-state index contributed by atoms with van der Waals surface area (Å²) in [5, 5.41) is 0.672. The van der Waals surface area contributed by atoms with Crippen molar-refractivity contribution in [1.29, 1.82) is 0 Å². The van der Waals surface area contributed by atoms with E-state index in [1.165, 1.54) is 11.1 Å². The van der Waals surface area contributed by atoms with Crippen molar-refractivity contribution in [3.05, 3.63) is 64.7 Å². The Hall–Kier alpha value is -1.51. The fourth-order valence-electron chi connectivity index (χ4n) is 3.16. The molecule has 116 valence electrons. The van der Waals surface area contributed by atoms with Crippen LogP contribution < -0.4 is 4.74 Å². The molecule has 2 unspecified atom stereocenters. The highest BCUT2D eigenvalue weighted by Gasteiger charge is 2.27. The van der Waals surface area contributed by atoms with E-state index in [-0.39, 0.29) is 6.10 Å². The number of nitrogens with zero attached hydrogens (tertiary/aromatic N) is 1. The lowest BCUT2D eigenvalue weighted by molar-refractivity contribution is 0.147. The smallest absolute Gasteiger partial charge is 0.138 e. The van der Waals surface area contributed by atoms with Gasteiger partial charge in [-0.2, -0.15) is 0 Å². The van der Waals surface area contributed by atoms with Gasteiger partial charge in [0.05, 0.1) is 5.02 Å². The van der Waals surface area contributed by atoms with Gasteiger partial charge in [0.2, 0.25) is 0 Å². The van der Waals surface area contributed by atoms with Crippen LogP contribution in [0.4, 0.5) is 0 Å². The van der Waals surface area contributed by atoms with Gasteiger partial charge < -0.3 is 9.64 Å². The quantitative estimate of drug-likeness (QED) is 0.759. The second-order valence-corrected chi connectivity index (χ2v) is 6.53. The summed E-state index contributed by atoms with van der Waals surface area (Å²) in [6.45, 7) is 0. The first kappa shape index (κ1) is 15.4. The van der Waals surface area contributed by atoms with Gasteiger partial charge in [0.25, 0.3) is 0 Å². The van der Waals surface area contributed by atoms with Crippen LogP contribution >= 0.6 is 11.6 Å². The maximum absolute atomic E-state index is 6.31. The first-order valence-electron chi connectivity index (χ1n) is 7.80. The van der Waals surface area contributed by atoms with Crippen molar-refractivity contribution >= 4 is 11.6 Å². The van der Waals surface area contributed by atoms with E-state index in [1.54, 1.807) is 0 Å². The normalized spacial score (nSPS) is 21.3. The second kappa shape index (κ2) is 6.72. The number of hydrogen-bond donors (Lipinski definition) is 0. The van der Waals surface area contributed by atoms with Crippen LogP contribution in [0.5, 0.6) is 5.75 Å². The number of hydrogen-bond acceptors (Lipinski definition) is 2. The first-order valence-corrected chi connectivity index (χ1v) is 8.18. The molecule has 2 atom stereocenters. The number of benzene rings is 2. The summed E-state index contributed by atoms with van der Waals surface area (Å²) in [5.74, 6) is 0.767. The van der Waals surface area contributed by atoms with Gasteiger partial charge in [0.15, 0.2) is 0 Å². The van der Waals surface area contributed by atoms with E-state index in [0.717, 1.165) is 25.0 Å². The fraction of sp³-hybridized carbons (Fsp3) is 0.368. The molecule has 0 N–H and O–H groups in total. The molecule has 0 aliphatic heterocycles. The molecule has 0 saturated carbocycles. The van der Waals surface area contributed by atoms with Gasteiger partial charge in [0, 0.05) is 12.5 Å². The molecule has 22 heavy (non-hydrogen) atoms. The zero-order valence-electron chi connectivity index (χ0n) is 13.1.